The molecule has 0 heterocycles. The van der Waals surface area contributed by atoms with Gasteiger partial charge in [0.15, 0.2) is 0 Å². The van der Waals surface area contributed by atoms with Crippen LogP contribution in [0.5, 0.6) is 0 Å². The second-order valence-corrected chi connectivity index (χ2v) is 13.1. The van der Waals surface area contributed by atoms with Crippen molar-refractivity contribution in [3.05, 3.63) is 60.2 Å². The lowest BCUT2D eigenvalue weighted by Crippen LogP contribution is -2.63. The van der Waals surface area contributed by atoms with Crippen LogP contribution in [-0.2, 0) is 24.5 Å². The predicted octanol–water partition coefficient (Wildman–Crippen LogP) is 5.16. The van der Waals surface area contributed by atoms with E-state index in [1.54, 1.807) is 33.9 Å². The monoisotopic (exact) mass is 571 g/mol. The Morgan fingerprint density at radius 3 is 1.95 bits per heavy atom. The molecule has 1 rings (SSSR count). The summed E-state index contributed by atoms with van der Waals surface area (Å²) in [4.78, 5) is 55.5. The number of carbonyl (C=O) groups excluding carboxylic acids is 3. The SMILES string of the molecule is C=CC[C@@H](C=C(C)C(=O)O)N(C)C(=O)C(NC(=O)C(N(C)C(=O)OC(C)(C)C)C(C)(C)c1ccccc1)C(C)(C)C. The largest absolute Gasteiger partial charge is 0.478 e. The number of aliphatic carboxylic acids is 1. The lowest BCUT2D eigenvalue weighted by Gasteiger charge is -2.42. The first-order valence-electron chi connectivity index (χ1n) is 13.8. The Kier molecular flexibility index (Phi) is 11.9. The number of nitrogens with one attached hydrogen (secondary N) is 1. The summed E-state index contributed by atoms with van der Waals surface area (Å²) in [6, 6.07) is 6.76. The van der Waals surface area contributed by atoms with Crippen molar-refractivity contribution in [2.24, 2.45) is 5.41 Å². The van der Waals surface area contributed by atoms with Gasteiger partial charge in [0.05, 0.1) is 6.04 Å². The van der Waals surface area contributed by atoms with Crippen LogP contribution in [0.2, 0.25) is 0 Å². The predicted molar refractivity (Wildman–Crippen MR) is 161 cm³/mol. The Hall–Kier alpha value is -3.62. The van der Waals surface area contributed by atoms with Crippen LogP contribution < -0.4 is 5.32 Å². The first kappa shape index (κ1) is 35.4. The highest BCUT2D eigenvalue weighted by atomic mass is 16.6. The molecule has 0 aromatic heterocycles. The zero-order valence-electron chi connectivity index (χ0n) is 26.6. The van der Waals surface area contributed by atoms with Crippen molar-refractivity contribution in [2.45, 2.75) is 97.9 Å². The van der Waals surface area contributed by atoms with E-state index < -0.39 is 58.4 Å². The van der Waals surface area contributed by atoms with Gasteiger partial charge in [-0.1, -0.05) is 77.1 Å². The van der Waals surface area contributed by atoms with Crippen LogP contribution in [0, 0.1) is 5.41 Å². The maximum atomic E-state index is 14.2. The molecule has 2 N–H and O–H groups in total. The summed E-state index contributed by atoms with van der Waals surface area (Å²) in [5.74, 6) is -2.01. The zero-order valence-corrected chi connectivity index (χ0v) is 26.6. The molecule has 0 spiro atoms. The Balaban J connectivity index is 3.58. The van der Waals surface area contributed by atoms with Gasteiger partial charge < -0.3 is 20.1 Å². The number of benzene rings is 1. The Morgan fingerprint density at radius 2 is 1.51 bits per heavy atom. The number of carboxylic acids is 1. The molecular formula is C32H49N3O6. The van der Waals surface area contributed by atoms with Gasteiger partial charge in [-0.25, -0.2) is 9.59 Å². The van der Waals surface area contributed by atoms with Crippen LogP contribution in [0.1, 0.15) is 74.3 Å². The van der Waals surface area contributed by atoms with E-state index in [4.69, 9.17) is 4.74 Å². The lowest BCUT2D eigenvalue weighted by molar-refractivity contribution is -0.141. The number of carboxylic acid groups (broad SMARTS) is 1. The van der Waals surface area contributed by atoms with Gasteiger partial charge in [0.25, 0.3) is 0 Å². The Bertz CT molecular complexity index is 1130. The molecule has 228 valence electrons. The normalized spacial score (nSPS) is 14.8. The van der Waals surface area contributed by atoms with E-state index >= 15 is 0 Å². The topological polar surface area (TPSA) is 116 Å². The molecule has 0 aliphatic carbocycles. The van der Waals surface area contributed by atoms with E-state index in [1.165, 1.54) is 29.8 Å². The number of carbonyl (C=O) groups is 4. The highest BCUT2D eigenvalue weighted by Gasteiger charge is 2.45. The van der Waals surface area contributed by atoms with E-state index in [9.17, 15) is 24.3 Å². The van der Waals surface area contributed by atoms with Gasteiger partial charge in [0.1, 0.15) is 17.7 Å². The molecule has 3 atom stereocenters. The third kappa shape index (κ3) is 9.76. The number of ether oxygens (including phenoxy) is 1. The summed E-state index contributed by atoms with van der Waals surface area (Å²) >= 11 is 0. The van der Waals surface area contributed by atoms with Crippen LogP contribution in [0.15, 0.2) is 54.6 Å². The van der Waals surface area contributed by atoms with Crippen molar-refractivity contribution in [3.8, 4) is 0 Å². The van der Waals surface area contributed by atoms with Gasteiger partial charge in [-0.05, 0) is 45.1 Å². The number of amides is 3. The van der Waals surface area contributed by atoms with Crippen molar-refractivity contribution in [1.29, 1.82) is 0 Å². The highest BCUT2D eigenvalue weighted by Crippen LogP contribution is 2.32. The number of rotatable bonds is 11. The van der Waals surface area contributed by atoms with E-state index in [0.717, 1.165) is 5.56 Å². The lowest BCUT2D eigenvalue weighted by atomic mass is 9.76. The minimum Gasteiger partial charge on any atom is -0.478 e. The molecule has 0 aliphatic rings. The van der Waals surface area contributed by atoms with Crippen LogP contribution in [0.25, 0.3) is 0 Å². The molecule has 1 aromatic rings. The van der Waals surface area contributed by atoms with E-state index in [-0.39, 0.29) is 5.57 Å². The van der Waals surface area contributed by atoms with Gasteiger partial charge in [-0.15, -0.1) is 6.58 Å². The fraction of sp³-hybridized carbons (Fsp3) is 0.562. The smallest absolute Gasteiger partial charge is 0.410 e. The molecule has 0 fully saturated rings. The molecular weight excluding hydrogens is 522 g/mol. The molecule has 41 heavy (non-hydrogen) atoms. The maximum absolute atomic E-state index is 14.2. The van der Waals surface area contributed by atoms with Crippen LogP contribution in [0.3, 0.4) is 0 Å². The Morgan fingerprint density at radius 1 is 0.976 bits per heavy atom. The number of likely N-dealkylation sites (N-methyl/N-ethyl adjacent to an activating group) is 2. The van der Waals surface area contributed by atoms with Gasteiger partial charge in [0.2, 0.25) is 11.8 Å². The summed E-state index contributed by atoms with van der Waals surface area (Å²) in [6.07, 6.45) is 2.76. The molecule has 9 nitrogen and oxygen atoms in total. The average Bonchev–Trinajstić information content (AvgIpc) is 2.84. The molecule has 0 saturated carbocycles. The molecule has 2 unspecified atom stereocenters. The second kappa shape index (κ2) is 13.8. The Labute approximate surface area is 245 Å². The molecule has 3 amide bonds. The van der Waals surface area contributed by atoms with Crippen LogP contribution in [-0.4, -0.2) is 76.6 Å². The summed E-state index contributed by atoms with van der Waals surface area (Å²) in [5, 5.41) is 12.3. The van der Waals surface area contributed by atoms with Gasteiger partial charge in [-0.3, -0.25) is 14.5 Å². The van der Waals surface area contributed by atoms with Crippen molar-refractivity contribution >= 4 is 23.9 Å². The van der Waals surface area contributed by atoms with E-state index in [0.29, 0.717) is 6.42 Å². The van der Waals surface area contributed by atoms with E-state index in [1.807, 2.05) is 65.0 Å². The van der Waals surface area contributed by atoms with Crippen LogP contribution >= 0.6 is 0 Å². The number of nitrogens with zero attached hydrogens (tertiary/aromatic N) is 2. The van der Waals surface area contributed by atoms with Crippen molar-refractivity contribution in [2.75, 3.05) is 14.1 Å². The average molecular weight is 572 g/mol. The fourth-order valence-corrected chi connectivity index (χ4v) is 4.56. The quantitative estimate of drug-likeness (QED) is 0.280. The van der Waals surface area contributed by atoms with Crippen LogP contribution in [0.4, 0.5) is 4.79 Å². The highest BCUT2D eigenvalue weighted by molar-refractivity contribution is 5.93. The molecule has 0 bridgehead atoms. The van der Waals surface area contributed by atoms with E-state index in [2.05, 4.69) is 11.9 Å². The third-order valence-electron chi connectivity index (χ3n) is 6.95. The first-order chi connectivity index (χ1) is 18.6. The fourth-order valence-electron chi connectivity index (χ4n) is 4.56. The van der Waals surface area contributed by atoms with Gasteiger partial charge in [0, 0.05) is 25.1 Å². The second-order valence-electron chi connectivity index (χ2n) is 13.1. The van der Waals surface area contributed by atoms with Crippen molar-refractivity contribution in [3.63, 3.8) is 0 Å². The summed E-state index contributed by atoms with van der Waals surface area (Å²) in [5.41, 5.74) is -1.46. The molecule has 0 radical (unpaired) electrons. The molecule has 0 saturated heterocycles. The van der Waals surface area contributed by atoms with Crippen molar-refractivity contribution in [1.82, 2.24) is 15.1 Å². The minimum atomic E-state index is -1.09. The summed E-state index contributed by atoms with van der Waals surface area (Å²) in [7, 11) is 3.09. The standard InChI is InChI=1S/C32H49N3O6/c1-13-17-23(20-21(2)28(38)39)34(11)27(37)24(30(3,4)5)33-26(36)25(35(12)29(40)41-31(6,7)8)32(9,10)22-18-15-14-16-19-22/h13-16,18-20,23-25H,1,17H2,2-12H3,(H,33,36)(H,38,39)/t23-,24?,25?/m0/s1. The molecule has 9 heteroatoms. The van der Waals surface area contributed by atoms with Gasteiger partial charge in [-0.2, -0.15) is 0 Å². The number of hydrogen-bond acceptors (Lipinski definition) is 5. The molecule has 0 aliphatic heterocycles. The van der Waals surface area contributed by atoms with Gasteiger partial charge >= 0.3 is 12.1 Å². The summed E-state index contributed by atoms with van der Waals surface area (Å²) < 4.78 is 5.60. The zero-order chi connectivity index (χ0) is 31.9. The summed E-state index contributed by atoms with van der Waals surface area (Å²) in [6.45, 7) is 19.7. The van der Waals surface area contributed by atoms with Crippen molar-refractivity contribution < 1.29 is 29.0 Å². The third-order valence-corrected chi connectivity index (χ3v) is 6.95. The maximum Gasteiger partial charge on any atom is 0.410 e. The minimum absolute atomic E-state index is 0.0940. The number of hydrogen-bond donors (Lipinski definition) is 2. The molecule has 1 aromatic carbocycles. The first-order valence-corrected chi connectivity index (χ1v) is 13.8.